The molecule has 3 rings (SSSR count). The number of carbonyl (C=O) groups is 4. The van der Waals surface area contributed by atoms with Crippen molar-refractivity contribution in [2.24, 2.45) is 5.92 Å². The highest BCUT2D eigenvalue weighted by Gasteiger charge is 2.29. The number of ether oxygens (including phenoxy) is 2. The molecule has 2 fully saturated rings. The summed E-state index contributed by atoms with van der Waals surface area (Å²) in [6, 6.07) is 1.94. The van der Waals surface area contributed by atoms with Gasteiger partial charge in [0.2, 0.25) is 17.7 Å². The molecular weight excluding hydrogens is 518 g/mol. The van der Waals surface area contributed by atoms with Gasteiger partial charge in [0.05, 0.1) is 37.9 Å². The normalized spacial score (nSPS) is 18.8. The highest BCUT2D eigenvalue weighted by atomic mass is 16.6. The Morgan fingerprint density at radius 2 is 1.77 bits per heavy atom. The summed E-state index contributed by atoms with van der Waals surface area (Å²) in [5.74, 6) is -1.12. The third-order valence-corrected chi connectivity index (χ3v) is 6.73. The minimum Gasteiger partial charge on any atom is -0.504 e. The number of nitrogens with one attached hydrogen (secondary N) is 3. The van der Waals surface area contributed by atoms with Crippen molar-refractivity contribution in [2.45, 2.75) is 102 Å². The Morgan fingerprint density at radius 3 is 2.27 bits per heavy atom. The number of aromatic hydroxyl groups is 1. The number of methoxy groups -OCH3 is 1. The van der Waals surface area contributed by atoms with Crippen LogP contribution in [0.5, 0.6) is 11.5 Å². The molecule has 1 aromatic carbocycles. The molecule has 1 saturated heterocycles. The Kier molecular flexibility index (Phi) is 12.9. The number of epoxide rings is 1. The van der Waals surface area contributed by atoms with Crippen molar-refractivity contribution in [1.82, 2.24) is 16.0 Å². The summed E-state index contributed by atoms with van der Waals surface area (Å²) < 4.78 is 9.76. The number of hydrogen-bond acceptors (Lipinski definition) is 8. The number of hydrogen-bond donors (Lipinski definition) is 5. The van der Waals surface area contributed by atoms with E-state index in [1.165, 1.54) is 33.9 Å². The van der Waals surface area contributed by atoms with Crippen molar-refractivity contribution < 1.29 is 38.9 Å². The highest BCUT2D eigenvalue weighted by molar-refractivity contribution is 5.92. The zero-order chi connectivity index (χ0) is 29.9. The van der Waals surface area contributed by atoms with E-state index >= 15 is 0 Å². The third-order valence-electron chi connectivity index (χ3n) is 6.73. The van der Waals surface area contributed by atoms with Gasteiger partial charge in [-0.2, -0.15) is 0 Å². The molecule has 0 spiro atoms. The van der Waals surface area contributed by atoms with E-state index in [1.807, 2.05) is 0 Å². The SMILES string of the molecule is CC1CO1.COc1ccc(CC(NC(=O)C(C)NC(=O)CC(C)(C)O)C(=O)N[C@H](C=O)CC2CCCC2)cc1O. The zero-order valence-electron chi connectivity index (χ0n) is 24.2. The predicted octanol–water partition coefficient (Wildman–Crippen LogP) is 1.76. The third kappa shape index (κ3) is 12.3. The van der Waals surface area contributed by atoms with Gasteiger partial charge in [0.15, 0.2) is 11.5 Å². The Labute approximate surface area is 236 Å². The second-order valence-electron chi connectivity index (χ2n) is 11.3. The molecule has 0 bridgehead atoms. The first-order valence-corrected chi connectivity index (χ1v) is 13.9. The van der Waals surface area contributed by atoms with Crippen molar-refractivity contribution in [3.8, 4) is 11.5 Å². The molecule has 1 heterocycles. The molecule has 1 aliphatic carbocycles. The summed E-state index contributed by atoms with van der Waals surface area (Å²) in [6.45, 7) is 7.48. The standard InChI is InChI=1S/C26H39N3O7.C3H6O/c1-16(27-23(32)14-26(2,3)35)24(33)29-20(12-18-9-10-22(36-4)21(31)13-18)25(34)28-19(15-30)11-17-7-5-6-8-17;1-3-2-4-3/h9-10,13,15-17,19-20,31,35H,5-8,11-12,14H2,1-4H3,(H,27,32)(H,28,34)(H,29,33);3H,2H2,1H3/t16?,19-,20?;/m0./s1. The summed E-state index contributed by atoms with van der Waals surface area (Å²) in [6.07, 6.45) is 5.95. The van der Waals surface area contributed by atoms with E-state index in [2.05, 4.69) is 22.9 Å². The molecule has 40 heavy (non-hydrogen) atoms. The van der Waals surface area contributed by atoms with Crippen LogP contribution in [0.4, 0.5) is 0 Å². The number of benzene rings is 1. The van der Waals surface area contributed by atoms with Crippen LogP contribution < -0.4 is 20.7 Å². The Bertz CT molecular complexity index is 999. The number of phenols is 1. The Balaban J connectivity index is 0.00000128. The second kappa shape index (κ2) is 15.6. The Morgan fingerprint density at radius 1 is 1.15 bits per heavy atom. The summed E-state index contributed by atoms with van der Waals surface area (Å²) >= 11 is 0. The molecule has 4 atom stereocenters. The van der Waals surface area contributed by atoms with Crippen LogP contribution in [-0.4, -0.2) is 77.8 Å². The lowest BCUT2D eigenvalue weighted by molar-refractivity contribution is -0.133. The maximum Gasteiger partial charge on any atom is 0.243 e. The lowest BCUT2D eigenvalue weighted by Crippen LogP contribution is -2.55. The average Bonchev–Trinajstić information content (AvgIpc) is 3.48. The summed E-state index contributed by atoms with van der Waals surface area (Å²) in [4.78, 5) is 49.8. The molecule has 11 heteroatoms. The lowest BCUT2D eigenvalue weighted by Gasteiger charge is -2.24. The van der Waals surface area contributed by atoms with E-state index < -0.39 is 41.4 Å². The molecule has 3 amide bonds. The van der Waals surface area contributed by atoms with E-state index in [1.54, 1.807) is 12.1 Å². The first kappa shape index (κ1) is 33.0. The second-order valence-corrected chi connectivity index (χ2v) is 11.3. The first-order chi connectivity index (χ1) is 18.8. The van der Waals surface area contributed by atoms with Gasteiger partial charge < -0.3 is 40.4 Å². The van der Waals surface area contributed by atoms with E-state index in [-0.39, 0.29) is 24.3 Å². The first-order valence-electron chi connectivity index (χ1n) is 13.9. The van der Waals surface area contributed by atoms with Crippen molar-refractivity contribution in [3.63, 3.8) is 0 Å². The topological polar surface area (TPSA) is 167 Å². The summed E-state index contributed by atoms with van der Waals surface area (Å²) in [7, 11) is 1.42. The number of aliphatic hydroxyl groups is 1. The van der Waals surface area contributed by atoms with Gasteiger partial charge in [0.1, 0.15) is 18.4 Å². The van der Waals surface area contributed by atoms with Gasteiger partial charge in [0.25, 0.3) is 0 Å². The van der Waals surface area contributed by atoms with E-state index in [9.17, 15) is 29.4 Å². The number of rotatable bonds is 13. The van der Waals surface area contributed by atoms with Crippen LogP contribution in [0.2, 0.25) is 0 Å². The smallest absolute Gasteiger partial charge is 0.243 e. The van der Waals surface area contributed by atoms with Crippen LogP contribution in [0.25, 0.3) is 0 Å². The van der Waals surface area contributed by atoms with Crippen molar-refractivity contribution in [3.05, 3.63) is 23.8 Å². The van der Waals surface area contributed by atoms with Crippen LogP contribution in [0.1, 0.15) is 71.8 Å². The van der Waals surface area contributed by atoms with Crippen molar-refractivity contribution in [1.29, 1.82) is 0 Å². The van der Waals surface area contributed by atoms with Crippen LogP contribution >= 0.6 is 0 Å². The van der Waals surface area contributed by atoms with Crippen molar-refractivity contribution in [2.75, 3.05) is 13.7 Å². The largest absolute Gasteiger partial charge is 0.504 e. The van der Waals surface area contributed by atoms with Gasteiger partial charge >= 0.3 is 0 Å². The fourth-order valence-corrected chi connectivity index (χ4v) is 4.49. The molecule has 5 N–H and O–H groups in total. The van der Waals surface area contributed by atoms with Gasteiger partial charge in [-0.1, -0.05) is 31.7 Å². The average molecular weight is 564 g/mol. The molecule has 0 radical (unpaired) electrons. The predicted molar refractivity (Wildman–Crippen MR) is 149 cm³/mol. The van der Waals surface area contributed by atoms with Gasteiger partial charge in [-0.25, -0.2) is 0 Å². The molecule has 1 saturated carbocycles. The van der Waals surface area contributed by atoms with E-state index in [4.69, 9.17) is 9.47 Å². The summed E-state index contributed by atoms with van der Waals surface area (Å²) in [5, 5.41) is 27.8. The lowest BCUT2D eigenvalue weighted by atomic mass is 9.98. The van der Waals surface area contributed by atoms with Crippen molar-refractivity contribution >= 4 is 24.0 Å². The van der Waals surface area contributed by atoms with Gasteiger partial charge in [-0.05, 0) is 57.7 Å². The van der Waals surface area contributed by atoms with Crippen LogP contribution in [0.15, 0.2) is 18.2 Å². The Hall–Kier alpha value is -3.18. The van der Waals surface area contributed by atoms with Gasteiger partial charge in [-0.3, -0.25) is 14.4 Å². The quantitative estimate of drug-likeness (QED) is 0.179. The van der Waals surface area contributed by atoms with Gasteiger partial charge in [0, 0.05) is 6.42 Å². The molecule has 1 aromatic rings. The van der Waals surface area contributed by atoms with Gasteiger partial charge in [-0.15, -0.1) is 0 Å². The fourth-order valence-electron chi connectivity index (χ4n) is 4.49. The maximum atomic E-state index is 13.2. The molecule has 2 aliphatic rings. The monoisotopic (exact) mass is 563 g/mol. The fraction of sp³-hybridized carbons (Fsp3) is 0.655. The minimum absolute atomic E-state index is 0.0362. The van der Waals surface area contributed by atoms with Crippen LogP contribution in [0, 0.1) is 5.92 Å². The molecule has 11 nitrogen and oxygen atoms in total. The summed E-state index contributed by atoms with van der Waals surface area (Å²) in [5.41, 5.74) is -0.673. The molecular formula is C29H45N3O8. The van der Waals surface area contributed by atoms with E-state index in [0.717, 1.165) is 32.3 Å². The van der Waals surface area contributed by atoms with E-state index in [0.29, 0.717) is 30.3 Å². The molecule has 224 valence electrons. The highest BCUT2D eigenvalue weighted by Crippen LogP contribution is 2.29. The zero-order valence-corrected chi connectivity index (χ0v) is 24.2. The number of aldehydes is 1. The maximum absolute atomic E-state index is 13.2. The number of phenolic OH excluding ortho intramolecular Hbond substituents is 1. The van der Waals surface area contributed by atoms with Crippen LogP contribution in [0.3, 0.4) is 0 Å². The minimum atomic E-state index is -1.23. The number of amides is 3. The molecule has 1 aliphatic heterocycles. The number of carbonyl (C=O) groups excluding carboxylic acids is 4. The molecule has 0 aromatic heterocycles. The molecule has 3 unspecified atom stereocenters. The van der Waals surface area contributed by atoms with Crippen LogP contribution in [-0.2, 0) is 30.3 Å².